The molecule has 0 aliphatic rings. The van der Waals surface area contributed by atoms with Crippen molar-refractivity contribution in [3.05, 3.63) is 0 Å². The number of rotatable bonds is 4. The highest BCUT2D eigenvalue weighted by Crippen LogP contribution is 2.18. The molecule has 2 heteroatoms. The lowest BCUT2D eigenvalue weighted by Crippen LogP contribution is -2.36. The first-order valence-electron chi connectivity index (χ1n) is 5.12. The number of terminal acetylenes is 1. The molecule has 0 rings (SSSR count). The molecule has 0 aromatic rings. The molecule has 0 saturated heterocycles. The zero-order chi connectivity index (χ0) is 11.2. The Kier molecular flexibility index (Phi) is 5.30. The number of carbonyl (C=O) groups excluding carboxylic acids is 1. The minimum absolute atomic E-state index is 0.0402. The van der Waals surface area contributed by atoms with Crippen molar-refractivity contribution in [1.29, 1.82) is 0 Å². The highest BCUT2D eigenvalue weighted by atomic mass is 16.1. The first kappa shape index (κ1) is 13.0. The molecule has 0 aromatic carbocycles. The molecular weight excluding hydrogens is 174 g/mol. The van der Waals surface area contributed by atoms with E-state index < -0.39 is 0 Å². The molecule has 0 fully saturated rings. The van der Waals surface area contributed by atoms with E-state index in [0.717, 1.165) is 6.42 Å². The molecule has 0 radical (unpaired) electrons. The van der Waals surface area contributed by atoms with E-state index in [1.807, 2.05) is 6.92 Å². The van der Waals surface area contributed by atoms with E-state index in [-0.39, 0.29) is 17.4 Å². The molecule has 0 aliphatic carbocycles. The van der Waals surface area contributed by atoms with Crippen molar-refractivity contribution >= 4 is 5.91 Å². The van der Waals surface area contributed by atoms with Crippen LogP contribution in [0, 0.1) is 17.8 Å². The van der Waals surface area contributed by atoms with Gasteiger partial charge in [-0.25, -0.2) is 0 Å². The van der Waals surface area contributed by atoms with Gasteiger partial charge in [-0.2, -0.15) is 0 Å². The normalized spacial score (nSPS) is 13.1. The lowest BCUT2D eigenvalue weighted by molar-refractivity contribution is -0.123. The van der Waals surface area contributed by atoms with E-state index in [1.54, 1.807) is 0 Å². The molecule has 0 saturated carbocycles. The molecular formula is C12H21NO. The third-order valence-electron chi connectivity index (χ3n) is 1.91. The second kappa shape index (κ2) is 5.70. The lowest BCUT2D eigenvalue weighted by Gasteiger charge is -2.20. The van der Waals surface area contributed by atoms with Crippen LogP contribution in [0.3, 0.4) is 0 Å². The Morgan fingerprint density at radius 2 is 2.07 bits per heavy atom. The second-order valence-corrected chi connectivity index (χ2v) is 4.82. The van der Waals surface area contributed by atoms with Crippen LogP contribution in [0.4, 0.5) is 0 Å². The van der Waals surface area contributed by atoms with Crippen LogP contribution in [0.25, 0.3) is 0 Å². The third kappa shape index (κ3) is 6.54. The molecule has 14 heavy (non-hydrogen) atoms. The summed E-state index contributed by atoms with van der Waals surface area (Å²) in [6, 6.07) is 0.134. The molecule has 2 nitrogen and oxygen atoms in total. The van der Waals surface area contributed by atoms with Gasteiger partial charge < -0.3 is 5.32 Å². The summed E-state index contributed by atoms with van der Waals surface area (Å²) in [6.07, 6.45) is 7.26. The highest BCUT2D eigenvalue weighted by molar-refractivity contribution is 5.76. The van der Waals surface area contributed by atoms with Gasteiger partial charge in [0, 0.05) is 18.9 Å². The van der Waals surface area contributed by atoms with Crippen LogP contribution in [0.1, 0.15) is 47.0 Å². The second-order valence-electron chi connectivity index (χ2n) is 4.82. The quantitative estimate of drug-likeness (QED) is 0.685. The molecule has 0 aromatic heterocycles. The number of hydrogen-bond acceptors (Lipinski definition) is 1. The average Bonchev–Trinajstić information content (AvgIpc) is 2.00. The SMILES string of the molecule is C#CCC(CC)NC(=O)CC(C)(C)C. The van der Waals surface area contributed by atoms with Crippen molar-refractivity contribution in [3.8, 4) is 12.3 Å². The van der Waals surface area contributed by atoms with E-state index in [2.05, 4.69) is 32.0 Å². The minimum atomic E-state index is 0.0402. The van der Waals surface area contributed by atoms with E-state index in [4.69, 9.17) is 6.42 Å². The van der Waals surface area contributed by atoms with E-state index in [1.165, 1.54) is 0 Å². The fourth-order valence-electron chi connectivity index (χ4n) is 1.20. The molecule has 0 heterocycles. The maximum Gasteiger partial charge on any atom is 0.220 e. The molecule has 1 N–H and O–H groups in total. The van der Waals surface area contributed by atoms with Crippen LogP contribution >= 0.6 is 0 Å². The number of amides is 1. The van der Waals surface area contributed by atoms with E-state index in [9.17, 15) is 4.79 Å². The van der Waals surface area contributed by atoms with Gasteiger partial charge in [0.25, 0.3) is 0 Å². The molecule has 1 atom stereocenters. The fourth-order valence-corrected chi connectivity index (χ4v) is 1.20. The predicted molar refractivity (Wildman–Crippen MR) is 59.7 cm³/mol. The van der Waals surface area contributed by atoms with E-state index in [0.29, 0.717) is 12.8 Å². The van der Waals surface area contributed by atoms with Gasteiger partial charge in [-0.3, -0.25) is 4.79 Å². The van der Waals surface area contributed by atoms with Crippen LogP contribution in [-0.2, 0) is 4.79 Å². The number of carbonyl (C=O) groups is 1. The first-order chi connectivity index (χ1) is 6.39. The summed E-state index contributed by atoms with van der Waals surface area (Å²) in [5, 5.41) is 2.94. The molecule has 1 amide bonds. The van der Waals surface area contributed by atoms with Crippen LogP contribution in [0.15, 0.2) is 0 Å². The summed E-state index contributed by atoms with van der Waals surface area (Å²) in [5.74, 6) is 2.67. The maximum atomic E-state index is 11.5. The van der Waals surface area contributed by atoms with Crippen molar-refractivity contribution in [1.82, 2.24) is 5.32 Å². The topological polar surface area (TPSA) is 29.1 Å². The van der Waals surface area contributed by atoms with Crippen LogP contribution in [-0.4, -0.2) is 11.9 Å². The molecule has 0 spiro atoms. The Hall–Kier alpha value is -0.970. The van der Waals surface area contributed by atoms with E-state index >= 15 is 0 Å². The molecule has 0 aliphatic heterocycles. The maximum absolute atomic E-state index is 11.5. The van der Waals surface area contributed by atoms with Gasteiger partial charge in [0.1, 0.15) is 0 Å². The zero-order valence-corrected chi connectivity index (χ0v) is 9.68. The van der Waals surface area contributed by atoms with Gasteiger partial charge in [-0.05, 0) is 11.8 Å². The zero-order valence-electron chi connectivity index (χ0n) is 9.68. The summed E-state index contributed by atoms with van der Waals surface area (Å²) in [6.45, 7) is 8.18. The predicted octanol–water partition coefficient (Wildman–Crippen LogP) is 2.34. The van der Waals surface area contributed by atoms with Gasteiger partial charge >= 0.3 is 0 Å². The Morgan fingerprint density at radius 3 is 2.43 bits per heavy atom. The van der Waals surface area contributed by atoms with Crippen LogP contribution in [0.2, 0.25) is 0 Å². The van der Waals surface area contributed by atoms with Crippen molar-refractivity contribution in [3.63, 3.8) is 0 Å². The van der Waals surface area contributed by atoms with Gasteiger partial charge in [0.2, 0.25) is 5.91 Å². The van der Waals surface area contributed by atoms with Gasteiger partial charge in [0.05, 0.1) is 0 Å². The summed E-state index contributed by atoms with van der Waals surface area (Å²) >= 11 is 0. The van der Waals surface area contributed by atoms with Crippen LogP contribution in [0.5, 0.6) is 0 Å². The van der Waals surface area contributed by atoms with Gasteiger partial charge in [-0.1, -0.05) is 27.7 Å². The van der Waals surface area contributed by atoms with Gasteiger partial charge in [-0.15, -0.1) is 12.3 Å². The Balaban J connectivity index is 3.98. The fraction of sp³-hybridized carbons (Fsp3) is 0.750. The van der Waals surface area contributed by atoms with Crippen molar-refractivity contribution in [2.45, 2.75) is 53.0 Å². The standard InChI is InChI=1S/C12H21NO/c1-6-8-10(7-2)13-11(14)9-12(3,4)5/h1,10H,7-9H2,2-5H3,(H,13,14). The summed E-state index contributed by atoms with van der Waals surface area (Å²) < 4.78 is 0. The summed E-state index contributed by atoms with van der Waals surface area (Å²) in [4.78, 5) is 11.5. The Labute approximate surface area is 87.5 Å². The van der Waals surface area contributed by atoms with Crippen LogP contribution < -0.4 is 5.32 Å². The number of nitrogens with one attached hydrogen (secondary N) is 1. The largest absolute Gasteiger partial charge is 0.352 e. The molecule has 80 valence electrons. The Morgan fingerprint density at radius 1 is 1.50 bits per heavy atom. The molecule has 0 bridgehead atoms. The highest BCUT2D eigenvalue weighted by Gasteiger charge is 2.17. The summed E-state index contributed by atoms with van der Waals surface area (Å²) in [7, 11) is 0. The summed E-state index contributed by atoms with van der Waals surface area (Å²) in [5.41, 5.74) is 0.0402. The third-order valence-corrected chi connectivity index (χ3v) is 1.91. The monoisotopic (exact) mass is 195 g/mol. The van der Waals surface area contributed by atoms with Crippen molar-refractivity contribution in [2.24, 2.45) is 5.41 Å². The average molecular weight is 195 g/mol. The smallest absolute Gasteiger partial charge is 0.220 e. The van der Waals surface area contributed by atoms with Gasteiger partial charge in [0.15, 0.2) is 0 Å². The Bertz CT molecular complexity index is 219. The first-order valence-corrected chi connectivity index (χ1v) is 5.12. The minimum Gasteiger partial charge on any atom is -0.352 e. The van der Waals surface area contributed by atoms with Crippen molar-refractivity contribution < 1.29 is 4.79 Å². The van der Waals surface area contributed by atoms with Crippen molar-refractivity contribution in [2.75, 3.05) is 0 Å². The number of hydrogen-bond donors (Lipinski definition) is 1. The molecule has 1 unspecified atom stereocenters. The lowest BCUT2D eigenvalue weighted by atomic mass is 9.92.